The van der Waals surface area contributed by atoms with E-state index < -0.39 is 0 Å². The zero-order valence-electron chi connectivity index (χ0n) is 15.5. The minimum absolute atomic E-state index is 0.0128. The first-order chi connectivity index (χ1) is 12.1. The maximum Gasteiger partial charge on any atom is 0.263 e. The van der Waals surface area contributed by atoms with Crippen molar-refractivity contribution in [3.8, 4) is 11.5 Å². The first-order valence-electron chi connectivity index (χ1n) is 8.84. The summed E-state index contributed by atoms with van der Waals surface area (Å²) in [6.07, 6.45) is 4.83. The Hall–Kier alpha value is -2.24. The molecule has 1 aromatic rings. The maximum absolute atomic E-state index is 12.3. The van der Waals surface area contributed by atoms with Crippen molar-refractivity contribution >= 4 is 12.1 Å². The number of carbonyl (C=O) groups excluding carboxylic acids is 1. The second-order valence-corrected chi connectivity index (χ2v) is 6.28. The fourth-order valence-corrected chi connectivity index (χ4v) is 3.22. The van der Waals surface area contributed by atoms with Gasteiger partial charge in [-0.1, -0.05) is 5.16 Å². The molecule has 1 heterocycles. The van der Waals surface area contributed by atoms with Gasteiger partial charge in [-0.05, 0) is 58.2 Å². The van der Waals surface area contributed by atoms with Crippen LogP contribution in [0.1, 0.15) is 45.6 Å². The van der Waals surface area contributed by atoms with Crippen LogP contribution in [0.4, 0.5) is 0 Å². The lowest BCUT2D eigenvalue weighted by Gasteiger charge is -2.38. The minimum Gasteiger partial charge on any atom is -0.493 e. The van der Waals surface area contributed by atoms with Gasteiger partial charge in [-0.3, -0.25) is 4.79 Å². The number of nitrogens with zero attached hydrogens (tertiary/aromatic N) is 2. The third kappa shape index (κ3) is 5.11. The van der Waals surface area contributed by atoms with Gasteiger partial charge in [0.05, 0.1) is 19.9 Å². The highest BCUT2D eigenvalue weighted by Gasteiger charge is 2.28. The lowest BCUT2D eigenvalue weighted by molar-refractivity contribution is -0.142. The Bertz CT molecular complexity index is 593. The van der Waals surface area contributed by atoms with Gasteiger partial charge in [0.15, 0.2) is 18.1 Å². The molecule has 0 aromatic heterocycles. The van der Waals surface area contributed by atoms with Crippen LogP contribution < -0.4 is 9.47 Å². The van der Waals surface area contributed by atoms with Gasteiger partial charge in [0.2, 0.25) is 0 Å². The fourth-order valence-electron chi connectivity index (χ4n) is 3.22. The number of methoxy groups -OCH3 is 1. The summed E-state index contributed by atoms with van der Waals surface area (Å²) in [6, 6.07) is 6.02. The highest BCUT2D eigenvalue weighted by molar-refractivity contribution is 5.81. The van der Waals surface area contributed by atoms with E-state index in [-0.39, 0.29) is 24.6 Å². The lowest BCUT2D eigenvalue weighted by atomic mass is 9.97. The average molecular weight is 348 g/mol. The zero-order chi connectivity index (χ0) is 18.2. The van der Waals surface area contributed by atoms with Crippen molar-refractivity contribution in [3.63, 3.8) is 0 Å². The molecule has 0 saturated carbocycles. The SMILES string of the molecule is CCOc1ccc(/C=N/OCC(=O)N2C(C)CCCC2C)cc1OC. The molecule has 1 saturated heterocycles. The van der Waals surface area contributed by atoms with Crippen LogP contribution in [0.15, 0.2) is 23.4 Å². The summed E-state index contributed by atoms with van der Waals surface area (Å²) < 4.78 is 10.8. The number of amides is 1. The molecular weight excluding hydrogens is 320 g/mol. The van der Waals surface area contributed by atoms with Crippen molar-refractivity contribution in [2.45, 2.75) is 52.1 Å². The number of benzene rings is 1. The number of carbonyl (C=O) groups is 1. The predicted octanol–water partition coefficient (Wildman–Crippen LogP) is 3.23. The standard InChI is InChI=1S/C19H28N2O4/c1-5-24-17-10-9-16(11-18(17)23-4)12-20-25-13-19(22)21-14(2)7-6-8-15(21)3/h9-12,14-15H,5-8,13H2,1-4H3/b20-12+. The van der Waals surface area contributed by atoms with Crippen molar-refractivity contribution in [3.05, 3.63) is 23.8 Å². The van der Waals surface area contributed by atoms with Gasteiger partial charge >= 0.3 is 0 Å². The summed E-state index contributed by atoms with van der Waals surface area (Å²) in [6.45, 7) is 6.62. The quantitative estimate of drug-likeness (QED) is 0.561. The molecule has 1 aliphatic heterocycles. The van der Waals surface area contributed by atoms with Crippen LogP contribution >= 0.6 is 0 Å². The molecule has 0 radical (unpaired) electrons. The second-order valence-electron chi connectivity index (χ2n) is 6.28. The van der Waals surface area contributed by atoms with Crippen LogP contribution in [-0.4, -0.2) is 49.4 Å². The van der Waals surface area contributed by atoms with Gasteiger partial charge in [-0.25, -0.2) is 0 Å². The van der Waals surface area contributed by atoms with Crippen molar-refractivity contribution in [2.75, 3.05) is 20.3 Å². The van der Waals surface area contributed by atoms with Crippen LogP contribution in [0.3, 0.4) is 0 Å². The molecule has 0 N–H and O–H groups in total. The number of hydrogen-bond donors (Lipinski definition) is 0. The number of rotatable bonds is 7. The molecule has 0 bridgehead atoms. The van der Waals surface area contributed by atoms with Crippen molar-refractivity contribution in [2.24, 2.45) is 5.16 Å². The number of hydrogen-bond acceptors (Lipinski definition) is 5. The molecule has 25 heavy (non-hydrogen) atoms. The normalized spacial score (nSPS) is 20.6. The van der Waals surface area contributed by atoms with Crippen molar-refractivity contribution in [1.29, 1.82) is 0 Å². The van der Waals surface area contributed by atoms with Gasteiger partial charge in [0.25, 0.3) is 5.91 Å². The maximum atomic E-state index is 12.3. The summed E-state index contributed by atoms with van der Waals surface area (Å²) in [5, 5.41) is 3.91. The van der Waals surface area contributed by atoms with Crippen LogP contribution in [0.25, 0.3) is 0 Å². The number of likely N-dealkylation sites (tertiary alicyclic amines) is 1. The topological polar surface area (TPSA) is 60.4 Å². The zero-order valence-corrected chi connectivity index (χ0v) is 15.5. The van der Waals surface area contributed by atoms with Crippen molar-refractivity contribution < 1.29 is 19.1 Å². The largest absolute Gasteiger partial charge is 0.493 e. The number of ether oxygens (including phenoxy) is 2. The van der Waals surface area contributed by atoms with E-state index in [1.807, 2.05) is 30.0 Å². The Kier molecular flexibility index (Phi) is 7.10. The van der Waals surface area contributed by atoms with E-state index in [0.717, 1.165) is 18.4 Å². The van der Waals surface area contributed by atoms with E-state index in [1.165, 1.54) is 6.42 Å². The van der Waals surface area contributed by atoms with E-state index >= 15 is 0 Å². The fraction of sp³-hybridized carbons (Fsp3) is 0.579. The first-order valence-corrected chi connectivity index (χ1v) is 8.84. The van der Waals surface area contributed by atoms with E-state index in [0.29, 0.717) is 18.1 Å². The molecule has 2 rings (SSSR count). The monoisotopic (exact) mass is 348 g/mol. The minimum atomic E-state index is -0.0423. The molecular formula is C19H28N2O4. The molecule has 1 aromatic carbocycles. The Morgan fingerprint density at radius 2 is 2.00 bits per heavy atom. The third-order valence-electron chi connectivity index (χ3n) is 4.43. The van der Waals surface area contributed by atoms with Gasteiger partial charge in [0.1, 0.15) is 0 Å². The first kappa shape index (κ1) is 19.1. The smallest absolute Gasteiger partial charge is 0.263 e. The molecule has 6 nitrogen and oxygen atoms in total. The lowest BCUT2D eigenvalue weighted by Crippen LogP contribution is -2.48. The van der Waals surface area contributed by atoms with Gasteiger partial charge in [-0.15, -0.1) is 0 Å². The highest BCUT2D eigenvalue weighted by atomic mass is 16.6. The van der Waals surface area contributed by atoms with Gasteiger partial charge in [0, 0.05) is 17.6 Å². The number of piperidine rings is 1. The Labute approximate surface area is 149 Å². The van der Waals surface area contributed by atoms with E-state index in [1.54, 1.807) is 13.3 Å². The molecule has 1 fully saturated rings. The van der Waals surface area contributed by atoms with E-state index in [4.69, 9.17) is 14.3 Å². The highest BCUT2D eigenvalue weighted by Crippen LogP contribution is 2.27. The molecule has 1 amide bonds. The summed E-state index contributed by atoms with van der Waals surface area (Å²) in [5.41, 5.74) is 0.812. The average Bonchev–Trinajstić information content (AvgIpc) is 2.59. The van der Waals surface area contributed by atoms with E-state index in [9.17, 15) is 4.79 Å². The predicted molar refractivity (Wildman–Crippen MR) is 97.3 cm³/mol. The molecule has 2 atom stereocenters. The van der Waals surface area contributed by atoms with Crippen LogP contribution in [0.2, 0.25) is 0 Å². The summed E-state index contributed by atoms with van der Waals surface area (Å²) >= 11 is 0. The van der Waals surface area contributed by atoms with Crippen molar-refractivity contribution in [1.82, 2.24) is 4.90 Å². The van der Waals surface area contributed by atoms with E-state index in [2.05, 4.69) is 19.0 Å². The molecule has 0 spiro atoms. The third-order valence-corrected chi connectivity index (χ3v) is 4.43. The Morgan fingerprint density at radius 1 is 1.28 bits per heavy atom. The van der Waals surface area contributed by atoms with Crippen LogP contribution in [-0.2, 0) is 9.63 Å². The summed E-state index contributed by atoms with van der Waals surface area (Å²) in [7, 11) is 1.59. The summed E-state index contributed by atoms with van der Waals surface area (Å²) in [4.78, 5) is 19.5. The summed E-state index contributed by atoms with van der Waals surface area (Å²) in [5.74, 6) is 1.31. The Morgan fingerprint density at radius 3 is 2.64 bits per heavy atom. The Balaban J connectivity index is 1.89. The van der Waals surface area contributed by atoms with Crippen LogP contribution in [0, 0.1) is 0 Å². The second kappa shape index (κ2) is 9.30. The molecule has 6 heteroatoms. The molecule has 138 valence electrons. The number of oxime groups is 1. The molecule has 2 unspecified atom stereocenters. The molecule has 0 aliphatic carbocycles. The van der Waals surface area contributed by atoms with Crippen LogP contribution in [0.5, 0.6) is 11.5 Å². The van der Waals surface area contributed by atoms with Gasteiger partial charge < -0.3 is 19.2 Å². The molecule has 1 aliphatic rings. The van der Waals surface area contributed by atoms with Gasteiger partial charge in [-0.2, -0.15) is 0 Å².